The zero-order valence-electron chi connectivity index (χ0n) is 34.8. The van der Waals surface area contributed by atoms with E-state index in [1.54, 1.807) is 21.7 Å². The van der Waals surface area contributed by atoms with Crippen LogP contribution in [0.15, 0.2) is 72.9 Å². The van der Waals surface area contributed by atoms with Crippen molar-refractivity contribution < 1.29 is 28.3 Å². The Morgan fingerprint density at radius 1 is 0.871 bits per heavy atom. The summed E-state index contributed by atoms with van der Waals surface area (Å²) in [5, 5.41) is 13.2. The van der Waals surface area contributed by atoms with Crippen LogP contribution in [0.1, 0.15) is 51.1 Å². The lowest BCUT2D eigenvalue weighted by molar-refractivity contribution is -0.120. The molecule has 3 N–H and O–H groups in total. The number of amides is 4. The standard InChI is InChI=1S/C46H49FN10O5/c1-29-36(45(60)50-40-26-35(62-2)11-16-48-40)8-9-37(42(29)47)43-38(28-58)44-49-39-10-7-34(25-31(39)14-20-57(44)52-43)55-23-21-53(22-24-55)27-30-12-17-54(18-13-30)32-3-5-33(6-4-32)56-19-15-41(59)51-46(56)61/h3-11,16,25-26,28,30,49H,12-15,17-24,27H2,1-2H3,(H,48,50,60)(H,51,59,61). The molecule has 3 saturated heterocycles. The number of urea groups is 1. The van der Waals surface area contributed by atoms with Gasteiger partial charge < -0.3 is 25.2 Å². The van der Waals surface area contributed by atoms with Crippen molar-refractivity contribution in [3.63, 3.8) is 0 Å². The van der Waals surface area contributed by atoms with Crippen LogP contribution in [0, 0.1) is 18.7 Å². The number of methoxy groups -OCH3 is 1. The van der Waals surface area contributed by atoms with Gasteiger partial charge in [0.25, 0.3) is 5.91 Å². The number of hydrogen-bond acceptors (Lipinski definition) is 11. The molecule has 6 heterocycles. The summed E-state index contributed by atoms with van der Waals surface area (Å²) in [6, 6.07) is 20.4. The van der Waals surface area contributed by atoms with Gasteiger partial charge in [-0.25, -0.2) is 18.9 Å². The summed E-state index contributed by atoms with van der Waals surface area (Å²) in [6.07, 6.45) is 5.45. The van der Waals surface area contributed by atoms with E-state index in [0.717, 1.165) is 81.3 Å². The van der Waals surface area contributed by atoms with Crippen LogP contribution in [0.5, 0.6) is 5.75 Å². The Hall–Kier alpha value is -6.81. The third-order valence-corrected chi connectivity index (χ3v) is 12.6. The highest BCUT2D eigenvalue weighted by Gasteiger charge is 2.29. The largest absolute Gasteiger partial charge is 0.497 e. The number of piperidine rings is 1. The smallest absolute Gasteiger partial charge is 0.328 e. The molecule has 9 rings (SSSR count). The zero-order valence-corrected chi connectivity index (χ0v) is 34.8. The molecule has 0 aliphatic carbocycles. The summed E-state index contributed by atoms with van der Waals surface area (Å²) in [5.74, 6) is 0.561. The minimum absolute atomic E-state index is 0.128. The second kappa shape index (κ2) is 17.3. The number of aldehydes is 1. The van der Waals surface area contributed by atoms with Gasteiger partial charge >= 0.3 is 6.03 Å². The fourth-order valence-electron chi connectivity index (χ4n) is 9.03. The van der Waals surface area contributed by atoms with E-state index in [-0.39, 0.29) is 45.7 Å². The second-order valence-electron chi connectivity index (χ2n) is 16.3. The summed E-state index contributed by atoms with van der Waals surface area (Å²) >= 11 is 0. The van der Waals surface area contributed by atoms with E-state index >= 15 is 4.39 Å². The number of aromatic nitrogens is 3. The molecular formula is C46H49FN10O5. The van der Waals surface area contributed by atoms with Crippen molar-refractivity contribution in [2.75, 3.05) is 84.8 Å². The Morgan fingerprint density at radius 3 is 2.35 bits per heavy atom. The summed E-state index contributed by atoms with van der Waals surface area (Å²) < 4.78 is 23.0. The molecule has 0 spiro atoms. The van der Waals surface area contributed by atoms with Crippen molar-refractivity contribution >= 4 is 58.5 Å². The molecule has 4 aliphatic rings. The van der Waals surface area contributed by atoms with Gasteiger partial charge in [-0.1, -0.05) is 0 Å². The molecular weight excluding hydrogens is 792 g/mol. The molecule has 16 heteroatoms. The predicted octanol–water partition coefficient (Wildman–Crippen LogP) is 6.25. The zero-order chi connectivity index (χ0) is 42.9. The second-order valence-corrected chi connectivity index (χ2v) is 16.3. The van der Waals surface area contributed by atoms with E-state index in [1.165, 1.54) is 38.1 Å². The Balaban J connectivity index is 0.790. The maximum atomic E-state index is 16.0. The third-order valence-electron chi connectivity index (χ3n) is 12.6. The lowest BCUT2D eigenvalue weighted by atomic mass is 9.95. The van der Waals surface area contributed by atoms with Crippen LogP contribution in [0.25, 0.3) is 11.3 Å². The number of nitrogens with zero attached hydrogens (tertiary/aromatic N) is 7. The highest BCUT2D eigenvalue weighted by atomic mass is 19.1. The van der Waals surface area contributed by atoms with Crippen LogP contribution in [0.2, 0.25) is 0 Å². The number of piperazine rings is 1. The van der Waals surface area contributed by atoms with E-state index in [1.807, 2.05) is 12.1 Å². The number of imide groups is 1. The minimum Gasteiger partial charge on any atom is -0.497 e. The first kappa shape index (κ1) is 40.6. The monoisotopic (exact) mass is 840 g/mol. The SMILES string of the molecule is COc1ccnc(NC(=O)c2ccc(-c3nn4c(c3C=O)Nc3ccc(N5CCN(CC6CCN(c7ccc(N8CCC(=O)NC8=O)cc7)CC6)CC5)cc3CC4)c(F)c2C)c1. The van der Waals surface area contributed by atoms with E-state index < -0.39 is 11.7 Å². The number of ether oxygens (including phenoxy) is 1. The summed E-state index contributed by atoms with van der Waals surface area (Å²) in [7, 11) is 1.51. The number of carbonyl (C=O) groups is 4. The number of halogens is 1. The lowest BCUT2D eigenvalue weighted by Gasteiger charge is -2.40. The number of carbonyl (C=O) groups excluding carboxylic acids is 4. The Labute approximate surface area is 358 Å². The molecule has 15 nitrogen and oxygen atoms in total. The Bertz CT molecular complexity index is 2530. The van der Waals surface area contributed by atoms with Gasteiger partial charge in [-0.05, 0) is 104 Å². The fourth-order valence-corrected chi connectivity index (χ4v) is 9.03. The highest BCUT2D eigenvalue weighted by Crippen LogP contribution is 2.37. The van der Waals surface area contributed by atoms with Crippen molar-refractivity contribution in [2.24, 2.45) is 5.92 Å². The molecule has 5 aromatic rings. The van der Waals surface area contributed by atoms with Crippen molar-refractivity contribution in [3.8, 4) is 17.0 Å². The van der Waals surface area contributed by atoms with Gasteiger partial charge in [-0.3, -0.25) is 29.5 Å². The molecule has 0 bridgehead atoms. The fraction of sp³-hybridized carbons (Fsp3) is 0.348. The van der Waals surface area contributed by atoms with E-state index in [2.05, 4.69) is 66.0 Å². The van der Waals surface area contributed by atoms with E-state index in [9.17, 15) is 19.2 Å². The van der Waals surface area contributed by atoms with Gasteiger partial charge in [0.1, 0.15) is 28.9 Å². The number of rotatable bonds is 10. The van der Waals surface area contributed by atoms with Gasteiger partial charge in [0.05, 0.1) is 12.7 Å². The minimum atomic E-state index is -0.630. The van der Waals surface area contributed by atoms with Gasteiger partial charge in [-0.15, -0.1) is 0 Å². The quantitative estimate of drug-likeness (QED) is 0.137. The molecule has 320 valence electrons. The van der Waals surface area contributed by atoms with Gasteiger partial charge in [-0.2, -0.15) is 5.10 Å². The van der Waals surface area contributed by atoms with E-state index in [4.69, 9.17) is 9.84 Å². The van der Waals surface area contributed by atoms with Crippen molar-refractivity contribution in [1.29, 1.82) is 0 Å². The van der Waals surface area contributed by atoms with Crippen molar-refractivity contribution in [3.05, 3.63) is 101 Å². The summed E-state index contributed by atoms with van der Waals surface area (Å²) in [6.45, 7) is 9.36. The number of pyridine rings is 1. The van der Waals surface area contributed by atoms with Crippen molar-refractivity contribution in [1.82, 2.24) is 25.0 Å². The van der Waals surface area contributed by atoms with Crippen LogP contribution in [0.3, 0.4) is 0 Å². The first-order chi connectivity index (χ1) is 30.1. The summed E-state index contributed by atoms with van der Waals surface area (Å²) in [4.78, 5) is 62.7. The molecule has 3 aromatic carbocycles. The Morgan fingerprint density at radius 2 is 1.61 bits per heavy atom. The van der Waals surface area contributed by atoms with Gasteiger partial charge in [0.2, 0.25) is 5.91 Å². The summed E-state index contributed by atoms with van der Waals surface area (Å²) in [5.41, 5.74) is 5.98. The molecule has 0 unspecified atom stereocenters. The molecule has 62 heavy (non-hydrogen) atoms. The van der Waals surface area contributed by atoms with Crippen LogP contribution in [-0.4, -0.2) is 103 Å². The maximum absolute atomic E-state index is 16.0. The normalized spacial score (nSPS) is 17.1. The van der Waals surface area contributed by atoms with Crippen LogP contribution in [-0.2, 0) is 17.8 Å². The number of anilines is 6. The van der Waals surface area contributed by atoms with Crippen LogP contribution < -0.4 is 35.4 Å². The third kappa shape index (κ3) is 8.17. The molecule has 2 aromatic heterocycles. The molecule has 0 saturated carbocycles. The molecule has 0 atom stereocenters. The number of hydrogen-bond donors (Lipinski definition) is 3. The van der Waals surface area contributed by atoms with Crippen LogP contribution in [0.4, 0.5) is 43.6 Å². The number of fused-ring (bicyclic) bond motifs is 2. The number of benzene rings is 3. The molecule has 4 amide bonds. The average Bonchev–Trinajstić information content (AvgIpc) is 3.53. The first-order valence-electron chi connectivity index (χ1n) is 21.2. The Kier molecular flexibility index (Phi) is 11.3. The highest BCUT2D eigenvalue weighted by molar-refractivity contribution is 6.06. The van der Waals surface area contributed by atoms with Crippen LogP contribution >= 0.6 is 0 Å². The number of aryl methyl sites for hydroxylation is 2. The lowest BCUT2D eigenvalue weighted by Crippen LogP contribution is -2.49. The molecule has 3 fully saturated rings. The van der Waals surface area contributed by atoms with Gasteiger partial charge in [0, 0.05) is 111 Å². The van der Waals surface area contributed by atoms with Gasteiger partial charge in [0.15, 0.2) is 6.29 Å². The molecule has 0 radical (unpaired) electrons. The first-order valence-corrected chi connectivity index (χ1v) is 21.2. The van der Waals surface area contributed by atoms with E-state index in [0.29, 0.717) is 49.7 Å². The topological polar surface area (TPSA) is 157 Å². The van der Waals surface area contributed by atoms with Crippen molar-refractivity contribution in [2.45, 2.75) is 39.2 Å². The predicted molar refractivity (Wildman–Crippen MR) is 235 cm³/mol. The maximum Gasteiger partial charge on any atom is 0.328 e. The number of nitrogens with one attached hydrogen (secondary N) is 3. The average molecular weight is 841 g/mol. The molecule has 4 aliphatic heterocycles.